The van der Waals surface area contributed by atoms with Crippen LogP contribution in [0, 0.1) is 30.5 Å². The zero-order valence-electron chi connectivity index (χ0n) is 22.3. The van der Waals surface area contributed by atoms with Gasteiger partial charge in [-0.1, -0.05) is 30.0 Å². The van der Waals surface area contributed by atoms with E-state index in [4.69, 9.17) is 5.14 Å². The van der Waals surface area contributed by atoms with Gasteiger partial charge >= 0.3 is 5.97 Å². The number of hydrogen-bond donors (Lipinski definition) is 2. The van der Waals surface area contributed by atoms with Crippen molar-refractivity contribution in [3.05, 3.63) is 98.7 Å². The lowest BCUT2D eigenvalue weighted by Gasteiger charge is -2.12. The number of thiazole rings is 1. The third-order valence-corrected chi connectivity index (χ3v) is 9.67. The van der Waals surface area contributed by atoms with E-state index < -0.39 is 26.7 Å². The Morgan fingerprint density at radius 1 is 1.14 bits per heavy atom. The maximum absolute atomic E-state index is 15.2. The highest BCUT2D eigenvalue weighted by Crippen LogP contribution is 2.43. The fourth-order valence-corrected chi connectivity index (χ4v) is 6.92. The highest BCUT2D eigenvalue weighted by Gasteiger charge is 2.29. The number of sulfonamides is 1. The topological polar surface area (TPSA) is 115 Å². The molecule has 7 nitrogen and oxygen atoms in total. The summed E-state index contributed by atoms with van der Waals surface area (Å²) in [5.74, 6) is 4.78. The second kappa shape index (κ2) is 11.0. The molecule has 0 unspecified atom stereocenters. The molecule has 1 aliphatic rings. The molecular formula is C31H24FN3O4S3. The van der Waals surface area contributed by atoms with Crippen LogP contribution in [0.3, 0.4) is 0 Å². The number of carboxylic acids is 1. The quantitative estimate of drug-likeness (QED) is 0.203. The molecule has 0 atom stereocenters. The van der Waals surface area contributed by atoms with E-state index in [9.17, 15) is 18.3 Å². The lowest BCUT2D eigenvalue weighted by Crippen LogP contribution is -2.14. The molecule has 3 aromatic heterocycles. The summed E-state index contributed by atoms with van der Waals surface area (Å²) in [6, 6.07) is 15.6. The van der Waals surface area contributed by atoms with Crippen LogP contribution in [0.1, 0.15) is 44.3 Å². The molecule has 2 aromatic carbocycles. The molecule has 0 aliphatic heterocycles. The van der Waals surface area contributed by atoms with Gasteiger partial charge in [-0.15, -0.1) is 22.7 Å². The van der Waals surface area contributed by atoms with Gasteiger partial charge in [0.05, 0.1) is 4.88 Å². The van der Waals surface area contributed by atoms with Gasteiger partial charge < -0.3 is 5.11 Å². The molecule has 0 bridgehead atoms. The normalized spacial score (nSPS) is 13.1. The predicted molar refractivity (Wildman–Crippen MR) is 162 cm³/mol. The van der Waals surface area contributed by atoms with Crippen LogP contribution in [-0.2, 0) is 16.4 Å². The van der Waals surface area contributed by atoms with Crippen molar-refractivity contribution < 1.29 is 22.7 Å². The first kappa shape index (κ1) is 28.1. The van der Waals surface area contributed by atoms with Gasteiger partial charge in [-0.3, -0.25) is 4.57 Å². The van der Waals surface area contributed by atoms with Crippen LogP contribution in [0.5, 0.6) is 0 Å². The van der Waals surface area contributed by atoms with E-state index in [1.54, 1.807) is 17.4 Å². The monoisotopic (exact) mass is 617 g/mol. The Bertz CT molecular complexity index is 2020. The van der Waals surface area contributed by atoms with Gasteiger partial charge in [0.1, 0.15) is 10.7 Å². The van der Waals surface area contributed by atoms with Crippen LogP contribution in [0.4, 0.5) is 4.39 Å². The largest absolute Gasteiger partial charge is 0.476 e. The minimum Gasteiger partial charge on any atom is -0.476 e. The number of thiophene rings is 1. The van der Waals surface area contributed by atoms with Crippen molar-refractivity contribution in [2.75, 3.05) is 0 Å². The highest BCUT2D eigenvalue weighted by atomic mass is 32.2. The molecule has 11 heteroatoms. The number of nitrogens with zero attached hydrogens (tertiary/aromatic N) is 2. The van der Waals surface area contributed by atoms with Gasteiger partial charge in [-0.05, 0) is 79.6 Å². The van der Waals surface area contributed by atoms with E-state index in [1.165, 1.54) is 33.7 Å². The SMILES string of the molecule is Cc1ccc(C#Cc2cccc(-c3cn(-c4nc(C(=O)O)cs4)c(CC4CC4)c3-c3ccc(S(N)(=O)=O)c(F)c3)c2)s1. The molecule has 3 heterocycles. The lowest BCUT2D eigenvalue weighted by molar-refractivity contribution is 0.0691. The number of benzene rings is 2. The fraction of sp³-hybridized carbons (Fsp3) is 0.161. The minimum atomic E-state index is -4.25. The van der Waals surface area contributed by atoms with Crippen molar-refractivity contribution in [3.63, 3.8) is 0 Å². The third-order valence-electron chi connectivity index (χ3n) is 6.97. The Hall–Kier alpha value is -4.08. The summed E-state index contributed by atoms with van der Waals surface area (Å²) < 4.78 is 40.9. The molecule has 0 amide bonds. The van der Waals surface area contributed by atoms with E-state index in [0.717, 1.165) is 40.1 Å². The molecular weight excluding hydrogens is 594 g/mol. The summed E-state index contributed by atoms with van der Waals surface area (Å²) in [6.07, 6.45) is 4.64. The number of aromatic nitrogens is 2. The zero-order valence-corrected chi connectivity index (χ0v) is 24.7. The van der Waals surface area contributed by atoms with Crippen molar-refractivity contribution in [1.82, 2.24) is 9.55 Å². The van der Waals surface area contributed by atoms with Crippen molar-refractivity contribution in [1.29, 1.82) is 0 Å². The van der Waals surface area contributed by atoms with Crippen LogP contribution < -0.4 is 5.14 Å². The molecule has 1 saturated carbocycles. The first-order valence-corrected chi connectivity index (χ1v) is 16.3. The molecule has 5 aromatic rings. The Kier molecular flexibility index (Phi) is 7.32. The minimum absolute atomic E-state index is 0.0613. The second-order valence-corrected chi connectivity index (χ2v) is 13.8. The molecule has 212 valence electrons. The van der Waals surface area contributed by atoms with E-state index in [2.05, 4.69) is 16.8 Å². The standard InChI is InChI=1S/C31H24FN3O4S3/c1-18-5-10-23(41-18)11-8-19-3-2-4-21(13-19)24-16-35(31-34-26(17-40-31)30(36)37)27(14-20-6-7-20)29(24)22-9-12-28(25(32)15-22)42(33,38)39/h2-5,9-10,12-13,15-17,20H,6-7,14H2,1H3,(H,36,37)(H2,33,38,39). The molecule has 0 spiro atoms. The number of halogens is 1. The van der Waals surface area contributed by atoms with Crippen LogP contribution in [-0.4, -0.2) is 29.0 Å². The van der Waals surface area contributed by atoms with E-state index in [1.807, 2.05) is 54.1 Å². The van der Waals surface area contributed by atoms with Gasteiger partial charge in [0.15, 0.2) is 10.8 Å². The molecule has 0 saturated heterocycles. The Morgan fingerprint density at radius 3 is 2.60 bits per heavy atom. The second-order valence-electron chi connectivity index (χ2n) is 10.1. The average molecular weight is 618 g/mol. The summed E-state index contributed by atoms with van der Waals surface area (Å²) in [7, 11) is -4.25. The van der Waals surface area contributed by atoms with Gasteiger partial charge in [0.2, 0.25) is 10.0 Å². The summed E-state index contributed by atoms with van der Waals surface area (Å²) >= 11 is 2.82. The summed E-state index contributed by atoms with van der Waals surface area (Å²) in [4.78, 5) is 17.5. The molecule has 42 heavy (non-hydrogen) atoms. The number of hydrogen-bond acceptors (Lipinski definition) is 6. The maximum Gasteiger partial charge on any atom is 0.355 e. The predicted octanol–water partition coefficient (Wildman–Crippen LogP) is 6.47. The van der Waals surface area contributed by atoms with Crippen molar-refractivity contribution in [2.45, 2.75) is 31.1 Å². The summed E-state index contributed by atoms with van der Waals surface area (Å²) in [5.41, 5.74) is 4.34. The van der Waals surface area contributed by atoms with Crippen LogP contribution in [0.25, 0.3) is 27.4 Å². The highest BCUT2D eigenvalue weighted by molar-refractivity contribution is 7.89. The Morgan fingerprint density at radius 2 is 1.95 bits per heavy atom. The third kappa shape index (κ3) is 5.80. The lowest BCUT2D eigenvalue weighted by atomic mass is 9.94. The summed E-state index contributed by atoms with van der Waals surface area (Å²) in [6.45, 7) is 2.03. The van der Waals surface area contributed by atoms with Crippen LogP contribution in [0.2, 0.25) is 0 Å². The van der Waals surface area contributed by atoms with Gasteiger partial charge in [0, 0.05) is 38.8 Å². The van der Waals surface area contributed by atoms with E-state index in [-0.39, 0.29) is 5.69 Å². The number of carboxylic acid groups (broad SMARTS) is 1. The first-order chi connectivity index (χ1) is 20.1. The molecule has 3 N–H and O–H groups in total. The number of rotatable bonds is 7. The number of carbonyl (C=O) groups is 1. The smallest absolute Gasteiger partial charge is 0.355 e. The van der Waals surface area contributed by atoms with Crippen molar-refractivity contribution >= 4 is 38.7 Å². The average Bonchev–Trinajstić information content (AvgIpc) is 3.30. The molecule has 6 rings (SSSR count). The van der Waals surface area contributed by atoms with Crippen molar-refractivity contribution in [3.8, 4) is 39.2 Å². The molecule has 1 fully saturated rings. The first-order valence-electron chi connectivity index (χ1n) is 13.0. The fourth-order valence-electron chi connectivity index (χ4n) is 4.82. The number of aromatic carboxylic acids is 1. The molecule has 0 radical (unpaired) electrons. The van der Waals surface area contributed by atoms with E-state index in [0.29, 0.717) is 28.6 Å². The summed E-state index contributed by atoms with van der Waals surface area (Å²) in [5, 5.41) is 16.7. The van der Waals surface area contributed by atoms with Crippen molar-refractivity contribution in [2.24, 2.45) is 11.1 Å². The van der Waals surface area contributed by atoms with Crippen LogP contribution >= 0.6 is 22.7 Å². The van der Waals surface area contributed by atoms with Gasteiger partial charge in [0.25, 0.3) is 0 Å². The van der Waals surface area contributed by atoms with Gasteiger partial charge in [-0.2, -0.15) is 0 Å². The maximum atomic E-state index is 15.2. The molecule has 1 aliphatic carbocycles. The Balaban J connectivity index is 1.56. The number of nitrogens with two attached hydrogens (primary N) is 1. The van der Waals surface area contributed by atoms with Crippen LogP contribution in [0.15, 0.2) is 71.1 Å². The van der Waals surface area contributed by atoms with Gasteiger partial charge in [-0.25, -0.2) is 27.7 Å². The Labute approximate surface area is 250 Å². The number of aryl methyl sites for hydroxylation is 1. The number of primary sulfonamides is 1. The zero-order chi connectivity index (χ0) is 29.6. The van der Waals surface area contributed by atoms with E-state index >= 15 is 4.39 Å².